The topological polar surface area (TPSA) is 116 Å². The van der Waals surface area contributed by atoms with Crippen LogP contribution in [0.5, 0.6) is 0 Å². The van der Waals surface area contributed by atoms with E-state index in [1.54, 1.807) is 46.2 Å². The molecule has 0 saturated heterocycles. The quantitative estimate of drug-likeness (QED) is 0.0925. The average molecular weight is 1100 g/mol. The summed E-state index contributed by atoms with van der Waals surface area (Å²) in [7, 11) is 0. The predicted molar refractivity (Wildman–Crippen MR) is 330 cm³/mol. The van der Waals surface area contributed by atoms with Gasteiger partial charge in [-0.1, -0.05) is 113 Å². The molecule has 15 rings (SSSR count). The van der Waals surface area contributed by atoms with Gasteiger partial charge in [-0.15, -0.1) is 10.6 Å². The molecule has 10 aromatic carbocycles. The van der Waals surface area contributed by atoms with E-state index in [0.29, 0.717) is 17.0 Å². The van der Waals surface area contributed by atoms with E-state index >= 15 is 0 Å². The second kappa shape index (κ2) is 20.5. The van der Waals surface area contributed by atoms with E-state index in [1.165, 1.54) is 29.4 Å². The van der Waals surface area contributed by atoms with Crippen LogP contribution in [0.3, 0.4) is 0 Å². The lowest BCUT2D eigenvalue weighted by molar-refractivity contribution is 0.689. The minimum Gasteiger partial charge on any atom is -0.360 e. The van der Waals surface area contributed by atoms with Gasteiger partial charge >= 0.3 is 0 Å². The van der Waals surface area contributed by atoms with Gasteiger partial charge < -0.3 is 25.4 Å². The Balaban J connectivity index is 0.746. The van der Waals surface area contributed by atoms with Crippen LogP contribution in [0.2, 0.25) is 0 Å². The highest BCUT2D eigenvalue weighted by Gasteiger charge is 2.28. The van der Waals surface area contributed by atoms with E-state index in [4.69, 9.17) is 10.6 Å². The van der Waals surface area contributed by atoms with Gasteiger partial charge in [-0.3, -0.25) is 5.01 Å². The first kappa shape index (κ1) is 48.4. The number of para-hydroxylation sites is 6. The molecule has 0 fully saturated rings. The highest BCUT2D eigenvalue weighted by atomic mass is 32.2. The van der Waals surface area contributed by atoms with Gasteiger partial charge in [0.05, 0.1) is 57.4 Å². The van der Waals surface area contributed by atoms with Gasteiger partial charge in [0, 0.05) is 81.2 Å². The van der Waals surface area contributed by atoms with Gasteiger partial charge in [-0.05, 0) is 164 Å². The molecule has 0 atom stereocenters. The lowest BCUT2D eigenvalue weighted by Crippen LogP contribution is -2.36. The molecule has 388 valence electrons. The molecule has 11 aromatic rings. The summed E-state index contributed by atoms with van der Waals surface area (Å²) in [5.74, 6) is 0. The molecule has 0 amide bonds. The zero-order chi connectivity index (χ0) is 53.8. The van der Waals surface area contributed by atoms with Crippen LogP contribution in [0.25, 0.3) is 28.3 Å². The van der Waals surface area contributed by atoms with E-state index < -0.39 is 0 Å². The van der Waals surface area contributed by atoms with Crippen LogP contribution in [0.1, 0.15) is 11.1 Å². The molecular formula is C66H46N12S3. The molecule has 0 bridgehead atoms. The summed E-state index contributed by atoms with van der Waals surface area (Å²) in [5.41, 5.74) is 32.3. The number of hydrazine groups is 2. The molecule has 0 spiro atoms. The smallest absolute Gasteiger partial charge is 0.113 e. The fraction of sp³-hybridized carbons (Fsp3) is 0. The summed E-state index contributed by atoms with van der Waals surface area (Å²) in [4.78, 5) is 14.2. The Morgan fingerprint density at radius 1 is 0.457 bits per heavy atom. The van der Waals surface area contributed by atoms with Gasteiger partial charge in [0.1, 0.15) is 11.4 Å². The van der Waals surface area contributed by atoms with Gasteiger partial charge in [-0.25, -0.2) is 10.2 Å². The van der Waals surface area contributed by atoms with Crippen molar-refractivity contribution in [2.24, 2.45) is 5.11 Å². The normalized spacial score (nSPS) is 13.9. The van der Waals surface area contributed by atoms with E-state index in [0.717, 1.165) is 85.1 Å². The fourth-order valence-corrected chi connectivity index (χ4v) is 13.9. The number of anilines is 11. The van der Waals surface area contributed by atoms with Crippen molar-refractivity contribution in [1.82, 2.24) is 26.0 Å². The highest BCUT2D eigenvalue weighted by Crippen LogP contribution is 2.54. The third kappa shape index (κ3) is 8.94. The lowest BCUT2D eigenvalue weighted by atomic mass is 10.0. The SMILES string of the molecule is N=N/C(=C\Nc1ccc(N2c3ccccc3Sc3ccccc32)cc1)c1cc(C2=CN(c3ccc(N4c5ccccc5Sc5ccccc54)cc3)NN2)cc(-c2cn(-c3ccc(N4c5ccccc5Sc5ccccc54)cc3)nn2)c1. The molecule has 1 aromatic heterocycles. The van der Waals surface area contributed by atoms with E-state index in [9.17, 15) is 0 Å². The maximum atomic E-state index is 8.55. The molecule has 5 heterocycles. The van der Waals surface area contributed by atoms with E-state index in [2.05, 4.69) is 266 Å². The molecule has 0 radical (unpaired) electrons. The van der Waals surface area contributed by atoms with Gasteiger partial charge in [0.2, 0.25) is 0 Å². The Bertz CT molecular complexity index is 4180. The van der Waals surface area contributed by atoms with Crippen LogP contribution in [-0.2, 0) is 0 Å². The molecule has 15 heteroatoms. The van der Waals surface area contributed by atoms with Crippen LogP contribution >= 0.6 is 35.3 Å². The Labute approximate surface area is 480 Å². The summed E-state index contributed by atoms with van der Waals surface area (Å²) in [5, 5.41) is 18.9. The van der Waals surface area contributed by atoms with E-state index in [1.807, 2.05) is 29.5 Å². The lowest BCUT2D eigenvalue weighted by Gasteiger charge is -2.33. The number of hydrogen-bond acceptors (Lipinski definition) is 14. The molecule has 0 saturated carbocycles. The number of rotatable bonds is 11. The van der Waals surface area contributed by atoms with Gasteiger partial charge in [0.15, 0.2) is 0 Å². The molecule has 4 aliphatic rings. The van der Waals surface area contributed by atoms with Crippen molar-refractivity contribution in [1.29, 1.82) is 5.53 Å². The third-order valence-electron chi connectivity index (χ3n) is 14.6. The molecule has 0 unspecified atom stereocenters. The van der Waals surface area contributed by atoms with Gasteiger partial charge in [0.25, 0.3) is 0 Å². The Morgan fingerprint density at radius 2 is 0.852 bits per heavy atom. The molecule has 0 aliphatic carbocycles. The summed E-state index contributed by atoms with van der Waals surface area (Å²) < 4.78 is 1.80. The Morgan fingerprint density at radius 3 is 1.30 bits per heavy atom. The van der Waals surface area contributed by atoms with Crippen LogP contribution in [0.4, 0.5) is 62.6 Å². The second-order valence-electron chi connectivity index (χ2n) is 19.5. The molecule has 81 heavy (non-hydrogen) atoms. The molecule has 4 aliphatic heterocycles. The maximum Gasteiger partial charge on any atom is 0.113 e. The van der Waals surface area contributed by atoms with Crippen LogP contribution in [0.15, 0.2) is 290 Å². The zero-order valence-electron chi connectivity index (χ0n) is 43.1. The Hall–Kier alpha value is -9.77. The molecule has 4 N–H and O–H groups in total. The number of fused-ring (bicyclic) bond motifs is 6. The van der Waals surface area contributed by atoms with Crippen molar-refractivity contribution >= 4 is 109 Å². The number of nitrogens with one attached hydrogen (secondary N) is 4. The Kier molecular flexibility index (Phi) is 12.2. The van der Waals surface area contributed by atoms with Crippen molar-refractivity contribution in [3.63, 3.8) is 0 Å². The van der Waals surface area contributed by atoms with Crippen molar-refractivity contribution in [3.05, 3.63) is 266 Å². The predicted octanol–water partition coefficient (Wildman–Crippen LogP) is 18.0. The summed E-state index contributed by atoms with van der Waals surface area (Å²) >= 11 is 5.38. The summed E-state index contributed by atoms with van der Waals surface area (Å²) in [6, 6.07) is 82.6. The first-order chi connectivity index (χ1) is 40.1. The number of nitrogens with zero attached hydrogens (tertiary/aromatic N) is 8. The van der Waals surface area contributed by atoms with Crippen LogP contribution in [0, 0.1) is 5.53 Å². The van der Waals surface area contributed by atoms with E-state index in [-0.39, 0.29) is 0 Å². The summed E-state index contributed by atoms with van der Waals surface area (Å²) in [6.45, 7) is 0. The van der Waals surface area contributed by atoms with Crippen molar-refractivity contribution < 1.29 is 0 Å². The number of hydrogen-bond donors (Lipinski definition) is 4. The van der Waals surface area contributed by atoms with Crippen LogP contribution in [-0.4, -0.2) is 15.0 Å². The van der Waals surface area contributed by atoms with Crippen molar-refractivity contribution in [2.75, 3.05) is 25.0 Å². The maximum absolute atomic E-state index is 8.55. The standard InChI is InChI=1S/C66H46N12S3/c67-69-52(40-68-46-25-27-49(28-26-46)76-55-13-1-7-19-61(55)79-62-20-8-2-14-56(62)76)43-37-44(53-41-74(72-70-53)47-29-33-50(34-30-47)77-57-15-3-9-21-63(57)80-64-22-10-4-16-58(64)77)39-45(38-43)54-42-75(73-71-54)48-31-35-51(36-32-48)78-59-17-5-11-23-65(59)81-66-24-12-6-18-60(66)78/h1-42,67-68,70,72H/b52-40-,69-67?. The fourth-order valence-electron chi connectivity index (χ4n) is 10.7. The summed E-state index contributed by atoms with van der Waals surface area (Å²) in [6.07, 6.45) is 5.76. The average Bonchev–Trinajstić information content (AvgIpc) is 4.31. The van der Waals surface area contributed by atoms with Crippen molar-refractivity contribution in [3.8, 4) is 16.9 Å². The largest absolute Gasteiger partial charge is 0.360 e. The van der Waals surface area contributed by atoms with Crippen molar-refractivity contribution in [2.45, 2.75) is 29.4 Å². The van der Waals surface area contributed by atoms with Gasteiger partial charge in [-0.2, -0.15) is 5.11 Å². The molecule has 12 nitrogen and oxygen atoms in total. The highest BCUT2D eigenvalue weighted by molar-refractivity contribution is 8.00. The first-order valence-corrected chi connectivity index (χ1v) is 28.8. The number of aromatic nitrogens is 3. The minimum atomic E-state index is 0.429. The molecular weight excluding hydrogens is 1060 g/mol. The second-order valence-corrected chi connectivity index (χ2v) is 22.7. The minimum absolute atomic E-state index is 0.429. The number of benzene rings is 10. The van der Waals surface area contributed by atoms with Crippen LogP contribution < -0.4 is 36.0 Å². The monoisotopic (exact) mass is 1100 g/mol. The third-order valence-corrected chi connectivity index (χ3v) is 18.0. The zero-order valence-corrected chi connectivity index (χ0v) is 45.5. The first-order valence-electron chi connectivity index (χ1n) is 26.3.